The second-order valence-electron chi connectivity index (χ2n) is 9.52. The van der Waals surface area contributed by atoms with Gasteiger partial charge in [0.05, 0.1) is 12.2 Å². The monoisotopic (exact) mass is 380 g/mol. The number of nitrogens with zero attached hydrogens (tertiary/aromatic N) is 2. The van der Waals surface area contributed by atoms with Gasteiger partial charge in [0.1, 0.15) is 0 Å². The minimum atomic E-state index is 0.458. The highest BCUT2D eigenvalue weighted by Crippen LogP contribution is 2.30. The Bertz CT molecular complexity index is 381. The van der Waals surface area contributed by atoms with Gasteiger partial charge in [0.2, 0.25) is 0 Å². The highest BCUT2D eigenvalue weighted by atomic mass is 16.5. The molecule has 0 aromatic rings. The fourth-order valence-corrected chi connectivity index (χ4v) is 5.27. The van der Waals surface area contributed by atoms with Crippen LogP contribution in [0, 0.1) is 5.92 Å². The largest absolute Gasteiger partial charge is 0.375 e. The van der Waals surface area contributed by atoms with E-state index in [0.29, 0.717) is 12.2 Å². The number of rotatable bonds is 11. The maximum absolute atomic E-state index is 6.22. The van der Waals surface area contributed by atoms with Crippen LogP contribution in [0.2, 0.25) is 0 Å². The quantitative estimate of drug-likeness (QED) is 0.426. The highest BCUT2D eigenvalue weighted by Gasteiger charge is 2.26. The molecule has 0 radical (unpaired) electrons. The average Bonchev–Trinajstić information content (AvgIpc) is 2.66. The van der Waals surface area contributed by atoms with Crippen LogP contribution in [0.1, 0.15) is 98.8 Å². The maximum Gasteiger partial charge on any atom is 0.0579 e. The van der Waals surface area contributed by atoms with Gasteiger partial charge in [-0.25, -0.2) is 0 Å². The van der Waals surface area contributed by atoms with E-state index in [2.05, 4.69) is 44.4 Å². The van der Waals surface area contributed by atoms with Crippen LogP contribution in [-0.2, 0) is 4.74 Å². The fraction of sp³-hybridized carbons (Fsp3) is 1.00. The van der Waals surface area contributed by atoms with Crippen LogP contribution >= 0.6 is 0 Å². The molecule has 2 unspecified atom stereocenters. The molecule has 1 aliphatic carbocycles. The van der Waals surface area contributed by atoms with E-state index >= 15 is 0 Å². The molecular formula is C24H48N2O. The molecular weight excluding hydrogens is 332 g/mol. The van der Waals surface area contributed by atoms with Crippen LogP contribution in [0.15, 0.2) is 0 Å². The molecule has 1 saturated heterocycles. The Balaban J connectivity index is 1.53. The van der Waals surface area contributed by atoms with E-state index in [9.17, 15) is 0 Å². The van der Waals surface area contributed by atoms with Crippen molar-refractivity contribution in [2.75, 3.05) is 26.2 Å². The van der Waals surface area contributed by atoms with Gasteiger partial charge in [-0.3, -0.25) is 4.90 Å². The summed E-state index contributed by atoms with van der Waals surface area (Å²) in [6, 6.07) is 1.46. The lowest BCUT2D eigenvalue weighted by Crippen LogP contribution is -2.54. The normalized spacial score (nSPS) is 30.3. The van der Waals surface area contributed by atoms with E-state index in [1.54, 1.807) is 0 Å². The number of unbranched alkanes of at least 4 members (excludes halogenated alkanes) is 1. The van der Waals surface area contributed by atoms with Crippen molar-refractivity contribution in [3.05, 3.63) is 0 Å². The summed E-state index contributed by atoms with van der Waals surface area (Å²) < 4.78 is 6.22. The molecule has 0 N–H and O–H groups in total. The van der Waals surface area contributed by atoms with Crippen molar-refractivity contribution in [1.29, 1.82) is 0 Å². The summed E-state index contributed by atoms with van der Waals surface area (Å²) >= 11 is 0. The summed E-state index contributed by atoms with van der Waals surface area (Å²) in [4.78, 5) is 5.42. The zero-order valence-electron chi connectivity index (χ0n) is 19.1. The van der Waals surface area contributed by atoms with Crippen molar-refractivity contribution in [1.82, 2.24) is 9.80 Å². The zero-order valence-corrected chi connectivity index (χ0v) is 19.1. The number of piperazine rings is 1. The van der Waals surface area contributed by atoms with Gasteiger partial charge >= 0.3 is 0 Å². The van der Waals surface area contributed by atoms with Gasteiger partial charge < -0.3 is 9.64 Å². The van der Waals surface area contributed by atoms with Crippen LogP contribution in [0.5, 0.6) is 0 Å². The number of hydrogen-bond acceptors (Lipinski definition) is 3. The van der Waals surface area contributed by atoms with Crippen molar-refractivity contribution in [2.24, 2.45) is 5.92 Å². The smallest absolute Gasteiger partial charge is 0.0579 e. The second-order valence-corrected chi connectivity index (χ2v) is 9.52. The van der Waals surface area contributed by atoms with Gasteiger partial charge in [0.15, 0.2) is 0 Å². The summed E-state index contributed by atoms with van der Waals surface area (Å²) in [6.07, 6.45) is 14.4. The van der Waals surface area contributed by atoms with E-state index < -0.39 is 0 Å². The summed E-state index contributed by atoms with van der Waals surface area (Å²) in [5, 5.41) is 0. The first-order chi connectivity index (χ1) is 13.0. The fourth-order valence-electron chi connectivity index (χ4n) is 5.27. The predicted octanol–water partition coefficient (Wildman–Crippen LogP) is 5.73. The maximum atomic E-state index is 6.22. The highest BCUT2D eigenvalue weighted by molar-refractivity contribution is 4.82. The predicted molar refractivity (Wildman–Crippen MR) is 117 cm³/mol. The Morgan fingerprint density at radius 1 is 1.00 bits per heavy atom. The standard InChI is InChI=1S/C24H48N2O/c1-6-10-22(5)27-24-14-12-23(13-15-24)11-8-9-16-25-17-18-26(20(3)7-2)21(4)19-25/h20-24H,6-19H2,1-5H3/t20?,21-,22?,23-,24-/m0/s1. The van der Waals surface area contributed by atoms with E-state index in [1.807, 2.05) is 0 Å². The van der Waals surface area contributed by atoms with Gasteiger partial charge in [-0.1, -0.05) is 33.1 Å². The Labute approximate surface area is 170 Å². The molecule has 0 aromatic carbocycles. The van der Waals surface area contributed by atoms with Crippen LogP contribution in [0.25, 0.3) is 0 Å². The minimum absolute atomic E-state index is 0.458. The van der Waals surface area contributed by atoms with Crippen LogP contribution in [0.3, 0.4) is 0 Å². The van der Waals surface area contributed by atoms with Crippen LogP contribution in [-0.4, -0.2) is 60.3 Å². The molecule has 3 heteroatoms. The van der Waals surface area contributed by atoms with Crippen molar-refractivity contribution in [2.45, 2.75) is 123 Å². The molecule has 0 aromatic heterocycles. The molecule has 1 heterocycles. The average molecular weight is 381 g/mol. The summed E-state index contributed by atoms with van der Waals surface area (Å²) in [5.74, 6) is 0.965. The molecule has 0 spiro atoms. The first-order valence-electron chi connectivity index (χ1n) is 12.2. The second kappa shape index (κ2) is 12.4. The van der Waals surface area contributed by atoms with Crippen molar-refractivity contribution in [3.63, 3.8) is 0 Å². The molecule has 1 aliphatic heterocycles. The van der Waals surface area contributed by atoms with E-state index in [0.717, 1.165) is 18.0 Å². The van der Waals surface area contributed by atoms with Gasteiger partial charge in [0, 0.05) is 31.7 Å². The van der Waals surface area contributed by atoms with Gasteiger partial charge in [-0.15, -0.1) is 0 Å². The lowest BCUT2D eigenvalue weighted by atomic mass is 9.84. The van der Waals surface area contributed by atoms with Gasteiger partial charge in [-0.2, -0.15) is 0 Å². The first-order valence-corrected chi connectivity index (χ1v) is 12.2. The third-order valence-electron chi connectivity index (χ3n) is 7.17. The third-order valence-corrected chi connectivity index (χ3v) is 7.17. The van der Waals surface area contributed by atoms with Crippen LogP contribution < -0.4 is 0 Å². The molecule has 3 atom stereocenters. The van der Waals surface area contributed by atoms with Crippen LogP contribution in [0.4, 0.5) is 0 Å². The first kappa shape index (κ1) is 23.2. The van der Waals surface area contributed by atoms with E-state index in [1.165, 1.54) is 90.4 Å². The summed E-state index contributed by atoms with van der Waals surface area (Å²) in [6.45, 7) is 16.7. The Morgan fingerprint density at radius 2 is 1.74 bits per heavy atom. The van der Waals surface area contributed by atoms with Crippen molar-refractivity contribution < 1.29 is 4.74 Å². The molecule has 160 valence electrons. The topological polar surface area (TPSA) is 15.7 Å². The Kier molecular flexibility index (Phi) is 10.7. The number of hydrogen-bond donors (Lipinski definition) is 0. The minimum Gasteiger partial charge on any atom is -0.375 e. The third kappa shape index (κ3) is 8.03. The molecule has 0 bridgehead atoms. The molecule has 3 nitrogen and oxygen atoms in total. The van der Waals surface area contributed by atoms with Crippen molar-refractivity contribution in [3.8, 4) is 0 Å². The lowest BCUT2D eigenvalue weighted by molar-refractivity contribution is -0.0321. The summed E-state index contributed by atoms with van der Waals surface area (Å²) in [5.41, 5.74) is 0. The number of ether oxygens (including phenoxy) is 1. The zero-order chi connectivity index (χ0) is 19.6. The molecule has 2 rings (SSSR count). The van der Waals surface area contributed by atoms with E-state index in [4.69, 9.17) is 4.74 Å². The lowest BCUT2D eigenvalue weighted by Gasteiger charge is -2.43. The van der Waals surface area contributed by atoms with E-state index in [-0.39, 0.29) is 0 Å². The molecule has 2 aliphatic rings. The Hall–Kier alpha value is -0.120. The Morgan fingerprint density at radius 3 is 2.37 bits per heavy atom. The molecule has 27 heavy (non-hydrogen) atoms. The van der Waals surface area contributed by atoms with Gasteiger partial charge in [0.25, 0.3) is 0 Å². The SMILES string of the molecule is CCCC(C)O[C@H]1CC[C@H](CCCCN2CCN(C(C)CC)[C@@H](C)C2)CC1. The summed E-state index contributed by atoms with van der Waals surface area (Å²) in [7, 11) is 0. The molecule has 1 saturated carbocycles. The molecule has 2 fully saturated rings. The van der Waals surface area contributed by atoms with Gasteiger partial charge in [-0.05, 0) is 78.2 Å². The molecule has 0 amide bonds. The van der Waals surface area contributed by atoms with Crippen molar-refractivity contribution >= 4 is 0 Å².